The number of hydrogen-bond donors (Lipinski definition) is 2. The van der Waals surface area contributed by atoms with E-state index in [4.69, 9.17) is 5.11 Å². The Morgan fingerprint density at radius 2 is 2.06 bits per heavy atom. The molecule has 1 aliphatic heterocycles. The molecule has 1 rings (SSSR count). The number of carbonyl (C=O) groups is 1. The summed E-state index contributed by atoms with van der Waals surface area (Å²) >= 11 is 0. The maximum absolute atomic E-state index is 11.7. The van der Waals surface area contributed by atoms with Gasteiger partial charge in [0.1, 0.15) is 0 Å². The lowest BCUT2D eigenvalue weighted by atomic mass is 10.1. The third-order valence-electron chi connectivity index (χ3n) is 3.07. The van der Waals surface area contributed by atoms with Gasteiger partial charge in [-0.1, -0.05) is 0 Å². The summed E-state index contributed by atoms with van der Waals surface area (Å²) < 4.78 is 24.5. The van der Waals surface area contributed by atoms with E-state index in [0.29, 0.717) is 26.2 Å². The molecule has 18 heavy (non-hydrogen) atoms. The molecule has 0 aromatic carbocycles. The van der Waals surface area contributed by atoms with Crippen LogP contribution in [0, 0.1) is 5.92 Å². The molecule has 2 N–H and O–H groups in total. The molecule has 0 radical (unpaired) electrons. The molecule has 0 saturated carbocycles. The second-order valence-electron chi connectivity index (χ2n) is 4.46. The number of β-amino-alcohol motifs (C(OH)–C–C–N with tert-alkyl or cyclic N) is 1. The fourth-order valence-corrected chi connectivity index (χ4v) is 2.93. The Morgan fingerprint density at radius 1 is 1.39 bits per heavy atom. The van der Waals surface area contributed by atoms with Gasteiger partial charge in [0.2, 0.25) is 15.9 Å². The Balaban J connectivity index is 2.83. The lowest BCUT2D eigenvalue weighted by Crippen LogP contribution is -2.41. The van der Waals surface area contributed by atoms with Gasteiger partial charge in [0.05, 0.1) is 18.8 Å². The predicted octanol–water partition coefficient (Wildman–Crippen LogP) is -2.08. The Hall–Kier alpha value is -0.700. The van der Waals surface area contributed by atoms with Gasteiger partial charge in [0.25, 0.3) is 0 Å². The number of sulfonamides is 1. The van der Waals surface area contributed by atoms with Crippen LogP contribution in [0.3, 0.4) is 0 Å². The van der Waals surface area contributed by atoms with Crippen molar-refractivity contribution in [3.63, 3.8) is 0 Å². The first-order chi connectivity index (χ1) is 8.38. The zero-order valence-corrected chi connectivity index (χ0v) is 11.6. The van der Waals surface area contributed by atoms with Crippen LogP contribution in [0.4, 0.5) is 0 Å². The van der Waals surface area contributed by atoms with Crippen molar-refractivity contribution in [3.05, 3.63) is 0 Å². The molecule has 1 saturated heterocycles. The molecule has 1 atom stereocenters. The molecule has 0 unspecified atom stereocenters. The third kappa shape index (κ3) is 4.20. The summed E-state index contributed by atoms with van der Waals surface area (Å²) in [4.78, 5) is 13.6. The Labute approximate surface area is 108 Å². The van der Waals surface area contributed by atoms with Crippen molar-refractivity contribution >= 4 is 15.9 Å². The number of amides is 1. The van der Waals surface area contributed by atoms with Gasteiger partial charge in [0.15, 0.2) is 0 Å². The average Bonchev–Trinajstić information content (AvgIpc) is 2.50. The number of carbonyl (C=O) groups excluding carboxylic acids is 1. The average molecular weight is 279 g/mol. The van der Waals surface area contributed by atoms with Crippen molar-refractivity contribution in [2.24, 2.45) is 5.92 Å². The van der Waals surface area contributed by atoms with Crippen LogP contribution in [0.1, 0.15) is 0 Å². The van der Waals surface area contributed by atoms with E-state index < -0.39 is 15.9 Å². The highest BCUT2D eigenvalue weighted by Crippen LogP contribution is 2.12. The molecule has 0 aromatic heterocycles. The summed E-state index contributed by atoms with van der Waals surface area (Å²) in [6, 6.07) is 0. The maximum atomic E-state index is 11.7. The summed E-state index contributed by atoms with van der Waals surface area (Å²) in [5.74, 6) is -0.577. The van der Waals surface area contributed by atoms with Gasteiger partial charge in [-0.2, -0.15) is 0 Å². The van der Waals surface area contributed by atoms with Crippen LogP contribution in [0.2, 0.25) is 0 Å². The Bertz CT molecular complexity index is 385. The summed E-state index contributed by atoms with van der Waals surface area (Å²) in [5.41, 5.74) is 0. The van der Waals surface area contributed by atoms with Gasteiger partial charge in [-0.3, -0.25) is 9.69 Å². The van der Waals surface area contributed by atoms with E-state index in [1.54, 1.807) is 0 Å². The van der Waals surface area contributed by atoms with Crippen LogP contribution in [-0.2, 0) is 14.8 Å². The van der Waals surface area contributed by atoms with Crippen molar-refractivity contribution in [1.29, 1.82) is 0 Å². The molecule has 0 spiro atoms. The molecular formula is C10H21N3O4S. The van der Waals surface area contributed by atoms with Gasteiger partial charge < -0.3 is 10.4 Å². The predicted molar refractivity (Wildman–Crippen MR) is 67.5 cm³/mol. The maximum Gasteiger partial charge on any atom is 0.225 e. The molecule has 8 heteroatoms. The zero-order chi connectivity index (χ0) is 13.8. The van der Waals surface area contributed by atoms with Crippen LogP contribution in [0.15, 0.2) is 0 Å². The smallest absolute Gasteiger partial charge is 0.225 e. The summed E-state index contributed by atoms with van der Waals surface area (Å²) in [7, 11) is -1.76. The van der Waals surface area contributed by atoms with E-state index in [1.165, 1.54) is 11.4 Å². The number of aliphatic hydroxyl groups excluding tert-OH is 1. The highest BCUT2D eigenvalue weighted by Gasteiger charge is 2.30. The van der Waals surface area contributed by atoms with Crippen LogP contribution >= 0.6 is 0 Å². The summed E-state index contributed by atoms with van der Waals surface area (Å²) in [6.07, 6.45) is 1.15. The monoisotopic (exact) mass is 279 g/mol. The van der Waals surface area contributed by atoms with E-state index in [2.05, 4.69) is 5.32 Å². The Morgan fingerprint density at radius 3 is 2.56 bits per heavy atom. The first kappa shape index (κ1) is 15.4. The van der Waals surface area contributed by atoms with E-state index in [0.717, 1.165) is 6.26 Å². The highest BCUT2D eigenvalue weighted by molar-refractivity contribution is 7.88. The van der Waals surface area contributed by atoms with E-state index in [9.17, 15) is 13.2 Å². The van der Waals surface area contributed by atoms with E-state index in [-0.39, 0.29) is 19.1 Å². The first-order valence-corrected chi connectivity index (χ1v) is 7.73. The molecule has 106 valence electrons. The number of aliphatic hydroxyl groups is 1. The van der Waals surface area contributed by atoms with Crippen LogP contribution in [0.25, 0.3) is 0 Å². The Kier molecular flexibility index (Phi) is 5.51. The fraction of sp³-hybridized carbons (Fsp3) is 0.900. The molecular weight excluding hydrogens is 258 g/mol. The first-order valence-electron chi connectivity index (χ1n) is 5.88. The summed E-state index contributed by atoms with van der Waals surface area (Å²) in [5, 5.41) is 11.5. The van der Waals surface area contributed by atoms with Gasteiger partial charge in [0, 0.05) is 39.8 Å². The van der Waals surface area contributed by atoms with Crippen molar-refractivity contribution in [2.45, 2.75) is 0 Å². The molecule has 1 aliphatic rings. The highest BCUT2D eigenvalue weighted by atomic mass is 32.2. The number of rotatable bonds is 4. The van der Waals surface area contributed by atoms with Crippen molar-refractivity contribution in [2.75, 3.05) is 52.6 Å². The molecule has 1 amide bonds. The van der Waals surface area contributed by atoms with Crippen LogP contribution in [0.5, 0.6) is 0 Å². The fourth-order valence-electron chi connectivity index (χ4n) is 2.07. The SMILES string of the molecule is CNC(=O)[C@@H]1CN(CCO)CCN(S(C)(=O)=O)C1. The van der Waals surface area contributed by atoms with Gasteiger partial charge in [-0.15, -0.1) is 0 Å². The second-order valence-corrected chi connectivity index (χ2v) is 6.44. The minimum Gasteiger partial charge on any atom is -0.395 e. The number of nitrogens with one attached hydrogen (secondary N) is 1. The van der Waals surface area contributed by atoms with E-state index >= 15 is 0 Å². The lowest BCUT2D eigenvalue weighted by Gasteiger charge is -2.21. The normalized spacial score (nSPS) is 23.6. The largest absolute Gasteiger partial charge is 0.395 e. The number of hydrogen-bond acceptors (Lipinski definition) is 5. The second kappa shape index (κ2) is 6.46. The van der Waals surface area contributed by atoms with Gasteiger partial charge >= 0.3 is 0 Å². The molecule has 0 aliphatic carbocycles. The van der Waals surface area contributed by atoms with Crippen molar-refractivity contribution < 1.29 is 18.3 Å². The van der Waals surface area contributed by atoms with Crippen molar-refractivity contribution in [3.8, 4) is 0 Å². The molecule has 7 nitrogen and oxygen atoms in total. The molecule has 0 bridgehead atoms. The third-order valence-corrected chi connectivity index (χ3v) is 4.34. The van der Waals surface area contributed by atoms with Gasteiger partial charge in [-0.05, 0) is 0 Å². The van der Waals surface area contributed by atoms with E-state index in [1.807, 2.05) is 4.90 Å². The molecule has 1 heterocycles. The van der Waals surface area contributed by atoms with Crippen LogP contribution in [-0.4, -0.2) is 81.3 Å². The van der Waals surface area contributed by atoms with Gasteiger partial charge in [-0.25, -0.2) is 12.7 Å². The minimum absolute atomic E-state index is 0.000656. The van der Waals surface area contributed by atoms with Crippen LogP contribution < -0.4 is 5.32 Å². The summed E-state index contributed by atoms with van der Waals surface area (Å²) in [6.45, 7) is 1.99. The minimum atomic E-state index is -3.30. The van der Waals surface area contributed by atoms with Crippen molar-refractivity contribution in [1.82, 2.24) is 14.5 Å². The molecule has 0 aromatic rings. The zero-order valence-electron chi connectivity index (χ0n) is 10.8. The standard InChI is InChI=1S/C10H21N3O4S/c1-11-10(15)9-7-12(5-6-14)3-4-13(8-9)18(2,16)17/h9,14H,3-8H2,1-2H3,(H,11,15)/t9-/m1/s1. The topological polar surface area (TPSA) is 90.0 Å². The lowest BCUT2D eigenvalue weighted by molar-refractivity contribution is -0.125. The molecule has 1 fully saturated rings. The number of nitrogens with zero attached hydrogens (tertiary/aromatic N) is 2. The quantitative estimate of drug-likeness (QED) is 0.616.